The predicted molar refractivity (Wildman–Crippen MR) is 116 cm³/mol. The molecule has 2 aromatic rings. The zero-order chi connectivity index (χ0) is 24.3. The van der Waals surface area contributed by atoms with E-state index in [0.717, 1.165) is 17.0 Å². The first-order valence-corrected chi connectivity index (χ1v) is 10.5. The highest BCUT2D eigenvalue weighted by atomic mass is 35.5. The summed E-state index contributed by atoms with van der Waals surface area (Å²) in [5.74, 6) is -0.828. The van der Waals surface area contributed by atoms with Crippen LogP contribution < -0.4 is 10.1 Å². The lowest BCUT2D eigenvalue weighted by molar-refractivity contribution is -0.139. The lowest BCUT2D eigenvalue weighted by atomic mass is 9.94. The largest absolute Gasteiger partial charge is 0.487 e. The third-order valence-corrected chi connectivity index (χ3v) is 5.74. The zero-order valence-corrected chi connectivity index (χ0v) is 19.0. The standard InChI is InChI=1S/C22H19Cl2F3N2O4/c1-3-32-20(30)17-16(11-33-13-7-4-6-12(10-13)22(25,26)27)29(2)21(31)28-19(17)14-8-5-9-15(23)18(14)24/h4-10,19H,3,11H2,1-2H3,(H,28,31). The summed E-state index contributed by atoms with van der Waals surface area (Å²) >= 11 is 12.4. The van der Waals surface area contributed by atoms with Crippen LogP contribution in [-0.2, 0) is 15.7 Å². The Morgan fingerprint density at radius 1 is 1.18 bits per heavy atom. The fourth-order valence-electron chi connectivity index (χ4n) is 3.27. The molecule has 0 aromatic heterocycles. The zero-order valence-electron chi connectivity index (χ0n) is 17.5. The average Bonchev–Trinajstić information content (AvgIpc) is 2.76. The summed E-state index contributed by atoms with van der Waals surface area (Å²) in [5.41, 5.74) is -0.408. The molecule has 1 atom stereocenters. The van der Waals surface area contributed by atoms with Crippen LogP contribution in [-0.4, -0.2) is 37.2 Å². The van der Waals surface area contributed by atoms with Gasteiger partial charge in [-0.25, -0.2) is 9.59 Å². The van der Waals surface area contributed by atoms with E-state index in [1.165, 1.54) is 19.2 Å². The van der Waals surface area contributed by atoms with Gasteiger partial charge in [0.2, 0.25) is 0 Å². The fraction of sp³-hybridized carbons (Fsp3) is 0.273. The molecule has 1 aliphatic rings. The van der Waals surface area contributed by atoms with Crippen molar-refractivity contribution >= 4 is 35.2 Å². The van der Waals surface area contributed by atoms with E-state index in [0.29, 0.717) is 5.56 Å². The number of likely N-dealkylation sites (N-methyl/N-ethyl adjacent to an activating group) is 1. The van der Waals surface area contributed by atoms with E-state index in [1.807, 2.05) is 0 Å². The second-order valence-corrected chi connectivity index (χ2v) is 7.76. The summed E-state index contributed by atoms with van der Waals surface area (Å²) in [7, 11) is 1.40. The minimum absolute atomic E-state index is 0.0232. The van der Waals surface area contributed by atoms with Crippen LogP contribution in [0.4, 0.5) is 18.0 Å². The highest BCUT2D eigenvalue weighted by Crippen LogP contribution is 2.38. The first kappa shape index (κ1) is 24.7. The second kappa shape index (κ2) is 9.93. The van der Waals surface area contributed by atoms with Gasteiger partial charge in [-0.3, -0.25) is 4.90 Å². The number of esters is 1. The molecule has 11 heteroatoms. The third kappa shape index (κ3) is 5.36. The molecule has 1 heterocycles. The molecule has 0 aliphatic carbocycles. The summed E-state index contributed by atoms with van der Waals surface area (Å²) < 4.78 is 49.8. The van der Waals surface area contributed by atoms with Crippen molar-refractivity contribution < 1.29 is 32.2 Å². The van der Waals surface area contributed by atoms with Crippen LogP contribution in [0.15, 0.2) is 53.7 Å². The normalized spacial score (nSPS) is 16.5. The molecule has 1 unspecified atom stereocenters. The minimum atomic E-state index is -4.55. The summed E-state index contributed by atoms with van der Waals surface area (Å²) in [5, 5.41) is 3.03. The number of carbonyl (C=O) groups is 2. The predicted octanol–water partition coefficient (Wildman–Crippen LogP) is 5.60. The topological polar surface area (TPSA) is 67.9 Å². The van der Waals surface area contributed by atoms with Crippen LogP contribution >= 0.6 is 23.2 Å². The van der Waals surface area contributed by atoms with E-state index in [9.17, 15) is 22.8 Å². The molecule has 33 heavy (non-hydrogen) atoms. The lowest BCUT2D eigenvalue weighted by Gasteiger charge is -2.34. The number of carbonyl (C=O) groups excluding carboxylic acids is 2. The highest BCUT2D eigenvalue weighted by molar-refractivity contribution is 6.42. The first-order chi connectivity index (χ1) is 15.5. The Kier molecular flexibility index (Phi) is 7.44. The van der Waals surface area contributed by atoms with Gasteiger partial charge in [0.15, 0.2) is 0 Å². The van der Waals surface area contributed by atoms with Crippen molar-refractivity contribution in [3.63, 3.8) is 0 Å². The van der Waals surface area contributed by atoms with Crippen LogP contribution in [0.25, 0.3) is 0 Å². The Labute approximate surface area is 197 Å². The smallest absolute Gasteiger partial charge is 0.416 e. The molecule has 0 fully saturated rings. The van der Waals surface area contributed by atoms with Crippen LogP contribution in [0.5, 0.6) is 5.75 Å². The molecular formula is C22H19Cl2F3N2O4. The molecule has 0 saturated heterocycles. The molecule has 3 rings (SSSR count). The number of halogens is 5. The number of nitrogens with zero attached hydrogens (tertiary/aromatic N) is 1. The Balaban J connectivity index is 2.06. The molecule has 1 aliphatic heterocycles. The number of benzene rings is 2. The van der Waals surface area contributed by atoms with E-state index in [1.54, 1.807) is 25.1 Å². The summed E-state index contributed by atoms with van der Waals surface area (Å²) in [6, 6.07) is 7.44. The van der Waals surface area contributed by atoms with Gasteiger partial charge in [-0.15, -0.1) is 0 Å². The molecule has 1 N–H and O–H groups in total. The van der Waals surface area contributed by atoms with Gasteiger partial charge >= 0.3 is 18.2 Å². The summed E-state index contributed by atoms with van der Waals surface area (Å²) in [4.78, 5) is 26.7. The monoisotopic (exact) mass is 502 g/mol. The van der Waals surface area contributed by atoms with Crippen molar-refractivity contribution in [2.45, 2.75) is 19.1 Å². The maximum Gasteiger partial charge on any atom is 0.416 e. The first-order valence-electron chi connectivity index (χ1n) is 9.73. The molecular weight excluding hydrogens is 484 g/mol. The molecule has 2 amide bonds. The average molecular weight is 503 g/mol. The number of urea groups is 1. The van der Waals surface area contributed by atoms with Crippen molar-refractivity contribution in [2.75, 3.05) is 20.3 Å². The number of ether oxygens (including phenoxy) is 2. The van der Waals surface area contributed by atoms with E-state index in [2.05, 4.69) is 5.32 Å². The Morgan fingerprint density at radius 3 is 2.55 bits per heavy atom. The number of alkyl halides is 3. The maximum absolute atomic E-state index is 13.0. The number of rotatable bonds is 6. The highest BCUT2D eigenvalue weighted by Gasteiger charge is 2.38. The minimum Gasteiger partial charge on any atom is -0.487 e. The molecule has 0 saturated carbocycles. The van der Waals surface area contributed by atoms with Crippen molar-refractivity contribution in [1.29, 1.82) is 0 Å². The van der Waals surface area contributed by atoms with Gasteiger partial charge < -0.3 is 14.8 Å². The van der Waals surface area contributed by atoms with Gasteiger partial charge in [-0.05, 0) is 36.8 Å². The Morgan fingerprint density at radius 2 is 1.88 bits per heavy atom. The maximum atomic E-state index is 13.0. The van der Waals surface area contributed by atoms with Gasteiger partial charge in [0.1, 0.15) is 12.4 Å². The lowest BCUT2D eigenvalue weighted by Crippen LogP contribution is -2.48. The Hall–Kier alpha value is -2.91. The van der Waals surface area contributed by atoms with Crippen molar-refractivity contribution in [3.05, 3.63) is 74.9 Å². The van der Waals surface area contributed by atoms with E-state index in [4.69, 9.17) is 32.7 Å². The van der Waals surface area contributed by atoms with Gasteiger partial charge in [0.25, 0.3) is 0 Å². The van der Waals surface area contributed by atoms with E-state index < -0.39 is 29.8 Å². The van der Waals surface area contributed by atoms with Gasteiger partial charge in [0.05, 0.1) is 39.5 Å². The third-order valence-electron chi connectivity index (χ3n) is 4.90. The number of hydrogen-bond acceptors (Lipinski definition) is 4. The van der Waals surface area contributed by atoms with E-state index >= 15 is 0 Å². The quantitative estimate of drug-likeness (QED) is 0.521. The molecule has 0 radical (unpaired) electrons. The van der Waals surface area contributed by atoms with Crippen molar-refractivity contribution in [1.82, 2.24) is 10.2 Å². The van der Waals surface area contributed by atoms with Gasteiger partial charge in [-0.1, -0.05) is 41.4 Å². The van der Waals surface area contributed by atoms with Gasteiger partial charge in [-0.2, -0.15) is 13.2 Å². The number of nitrogens with one attached hydrogen (secondary N) is 1. The molecule has 6 nitrogen and oxygen atoms in total. The SMILES string of the molecule is CCOC(=O)C1=C(COc2cccc(C(F)(F)F)c2)N(C)C(=O)NC1c1cccc(Cl)c1Cl. The number of hydrogen-bond donors (Lipinski definition) is 1. The molecule has 0 bridgehead atoms. The summed E-state index contributed by atoms with van der Waals surface area (Å²) in [6.45, 7) is 1.29. The van der Waals surface area contributed by atoms with Crippen LogP contribution in [0.3, 0.4) is 0 Å². The van der Waals surface area contributed by atoms with Crippen molar-refractivity contribution in [2.24, 2.45) is 0 Å². The second-order valence-electron chi connectivity index (χ2n) is 6.98. The Bertz CT molecular complexity index is 1110. The number of amides is 2. The molecule has 2 aromatic carbocycles. The fourth-order valence-corrected chi connectivity index (χ4v) is 3.69. The van der Waals surface area contributed by atoms with Crippen LogP contribution in [0.2, 0.25) is 10.0 Å². The van der Waals surface area contributed by atoms with Crippen molar-refractivity contribution in [3.8, 4) is 5.75 Å². The van der Waals surface area contributed by atoms with Crippen LogP contribution in [0.1, 0.15) is 24.1 Å². The van der Waals surface area contributed by atoms with E-state index in [-0.39, 0.29) is 40.3 Å². The van der Waals surface area contributed by atoms with Gasteiger partial charge in [0, 0.05) is 7.05 Å². The summed E-state index contributed by atoms with van der Waals surface area (Å²) in [6.07, 6.45) is -4.55. The van der Waals surface area contributed by atoms with Crippen LogP contribution in [0, 0.1) is 0 Å². The molecule has 176 valence electrons. The molecule has 0 spiro atoms.